The first-order valence-electron chi connectivity index (χ1n) is 7.73. The molecule has 0 fully saturated rings. The van der Waals surface area contributed by atoms with E-state index in [4.69, 9.17) is 4.74 Å². The van der Waals surface area contributed by atoms with Crippen molar-refractivity contribution in [1.82, 2.24) is 5.32 Å². The zero-order valence-electron chi connectivity index (χ0n) is 14.0. The van der Waals surface area contributed by atoms with E-state index in [0.29, 0.717) is 17.9 Å². The number of hydrogen-bond donors (Lipinski definition) is 2. The van der Waals surface area contributed by atoms with Crippen LogP contribution in [0.5, 0.6) is 5.75 Å². The molecule has 128 valence electrons. The van der Waals surface area contributed by atoms with E-state index in [2.05, 4.69) is 5.32 Å². The van der Waals surface area contributed by atoms with Crippen LogP contribution in [0, 0.1) is 17.0 Å². The quantitative estimate of drug-likeness (QED) is 0.601. The minimum Gasteiger partial charge on any atom is -0.497 e. The van der Waals surface area contributed by atoms with E-state index in [0.717, 1.165) is 11.1 Å². The molecule has 24 heavy (non-hydrogen) atoms. The molecule has 2 rings (SSSR count). The van der Waals surface area contributed by atoms with Crippen LogP contribution in [-0.2, 0) is 0 Å². The van der Waals surface area contributed by atoms with Crippen LogP contribution in [-0.4, -0.2) is 23.7 Å². The Morgan fingerprint density at radius 3 is 2.67 bits per heavy atom. The maximum absolute atomic E-state index is 11.0. The molecule has 0 bridgehead atoms. The Balaban J connectivity index is 2.06. The molecular formula is C18H22N2O4. The summed E-state index contributed by atoms with van der Waals surface area (Å²) in [6.07, 6.45) is -0.693. The Morgan fingerprint density at radius 1 is 1.29 bits per heavy atom. The summed E-state index contributed by atoms with van der Waals surface area (Å²) in [6.45, 7) is 3.99. The van der Waals surface area contributed by atoms with Gasteiger partial charge in [0.15, 0.2) is 0 Å². The second kappa shape index (κ2) is 7.90. The van der Waals surface area contributed by atoms with Crippen molar-refractivity contribution in [2.45, 2.75) is 26.0 Å². The van der Waals surface area contributed by atoms with Crippen LogP contribution < -0.4 is 10.1 Å². The van der Waals surface area contributed by atoms with Gasteiger partial charge in [-0.25, -0.2) is 0 Å². The predicted molar refractivity (Wildman–Crippen MR) is 92.2 cm³/mol. The number of aliphatic hydroxyl groups excluding tert-OH is 1. The number of nitro benzene ring substituents is 1. The lowest BCUT2D eigenvalue weighted by molar-refractivity contribution is -0.385. The van der Waals surface area contributed by atoms with E-state index in [1.54, 1.807) is 26.2 Å². The highest BCUT2D eigenvalue weighted by Crippen LogP contribution is 2.26. The first kappa shape index (κ1) is 17.9. The van der Waals surface area contributed by atoms with Gasteiger partial charge >= 0.3 is 0 Å². The minimum absolute atomic E-state index is 0.106. The van der Waals surface area contributed by atoms with Gasteiger partial charge in [-0.1, -0.05) is 24.3 Å². The number of methoxy groups -OCH3 is 1. The molecule has 6 heteroatoms. The fourth-order valence-corrected chi connectivity index (χ4v) is 2.67. The maximum atomic E-state index is 11.0. The number of ether oxygens (including phenoxy) is 1. The van der Waals surface area contributed by atoms with Crippen molar-refractivity contribution < 1.29 is 14.8 Å². The van der Waals surface area contributed by atoms with E-state index >= 15 is 0 Å². The van der Waals surface area contributed by atoms with Crippen molar-refractivity contribution >= 4 is 5.69 Å². The van der Waals surface area contributed by atoms with Crippen LogP contribution in [0.2, 0.25) is 0 Å². The van der Waals surface area contributed by atoms with Crippen molar-refractivity contribution in [3.05, 3.63) is 69.3 Å². The van der Waals surface area contributed by atoms with E-state index in [1.807, 2.05) is 31.2 Å². The molecule has 2 aromatic carbocycles. The summed E-state index contributed by atoms with van der Waals surface area (Å²) in [4.78, 5) is 10.7. The van der Waals surface area contributed by atoms with Gasteiger partial charge in [-0.15, -0.1) is 0 Å². The molecule has 0 aliphatic rings. The molecule has 0 heterocycles. The second-order valence-corrected chi connectivity index (χ2v) is 5.67. The molecule has 0 aliphatic heterocycles. The Kier molecular flexibility index (Phi) is 5.89. The van der Waals surface area contributed by atoms with Crippen LogP contribution >= 0.6 is 0 Å². The summed E-state index contributed by atoms with van der Waals surface area (Å²) in [6, 6.07) is 12.2. The zero-order chi connectivity index (χ0) is 17.7. The lowest BCUT2D eigenvalue weighted by Gasteiger charge is -2.19. The third kappa shape index (κ3) is 4.10. The van der Waals surface area contributed by atoms with Crippen LogP contribution in [0.4, 0.5) is 5.69 Å². The monoisotopic (exact) mass is 330 g/mol. The average Bonchev–Trinajstić information content (AvgIpc) is 2.59. The minimum atomic E-state index is -0.693. The molecule has 2 N–H and O–H groups in total. The molecule has 0 amide bonds. The van der Waals surface area contributed by atoms with Crippen LogP contribution in [0.15, 0.2) is 42.5 Å². The SMILES string of the molecule is COc1cccc([C@@H](O)CN[C@@H](C)c2cccc([N+](=O)[O-])c2C)c1. The van der Waals surface area contributed by atoms with E-state index in [-0.39, 0.29) is 16.7 Å². The average molecular weight is 330 g/mol. The van der Waals surface area contributed by atoms with Gasteiger partial charge in [0.25, 0.3) is 5.69 Å². The standard InChI is InChI=1S/C18H22N2O4/c1-12-16(8-5-9-17(12)20(22)23)13(2)19-11-18(21)14-6-4-7-15(10-14)24-3/h4-10,13,18-19,21H,11H2,1-3H3/t13-,18-/m0/s1. The van der Waals surface area contributed by atoms with Crippen LogP contribution in [0.3, 0.4) is 0 Å². The number of nitrogens with zero attached hydrogens (tertiary/aromatic N) is 1. The van der Waals surface area contributed by atoms with E-state index in [9.17, 15) is 15.2 Å². The van der Waals surface area contributed by atoms with Crippen molar-refractivity contribution in [2.75, 3.05) is 13.7 Å². The van der Waals surface area contributed by atoms with Crippen LogP contribution in [0.1, 0.15) is 35.8 Å². The van der Waals surface area contributed by atoms with Gasteiger partial charge < -0.3 is 15.2 Å². The third-order valence-electron chi connectivity index (χ3n) is 4.11. The maximum Gasteiger partial charge on any atom is 0.272 e. The summed E-state index contributed by atoms with van der Waals surface area (Å²) in [5.74, 6) is 0.689. The fraction of sp³-hybridized carbons (Fsp3) is 0.333. The number of nitrogens with one attached hydrogen (secondary N) is 1. The van der Waals surface area contributed by atoms with Gasteiger partial charge in [0.1, 0.15) is 5.75 Å². The highest BCUT2D eigenvalue weighted by molar-refractivity contribution is 5.45. The van der Waals surface area contributed by atoms with Gasteiger partial charge in [0.2, 0.25) is 0 Å². The Bertz CT molecular complexity index is 718. The summed E-state index contributed by atoms with van der Waals surface area (Å²) in [5.41, 5.74) is 2.35. The summed E-state index contributed by atoms with van der Waals surface area (Å²) in [5, 5.41) is 24.6. The molecule has 0 radical (unpaired) electrons. The topological polar surface area (TPSA) is 84.6 Å². The summed E-state index contributed by atoms with van der Waals surface area (Å²) in [7, 11) is 1.58. The van der Waals surface area contributed by atoms with Crippen molar-refractivity contribution in [2.24, 2.45) is 0 Å². The molecule has 0 saturated carbocycles. The first-order chi connectivity index (χ1) is 11.4. The van der Waals surface area contributed by atoms with Crippen molar-refractivity contribution in [3.63, 3.8) is 0 Å². The summed E-state index contributed by atoms with van der Waals surface area (Å²) < 4.78 is 5.16. The highest BCUT2D eigenvalue weighted by atomic mass is 16.6. The van der Waals surface area contributed by atoms with E-state index < -0.39 is 6.10 Å². The first-order valence-corrected chi connectivity index (χ1v) is 7.73. The smallest absolute Gasteiger partial charge is 0.272 e. The highest BCUT2D eigenvalue weighted by Gasteiger charge is 2.18. The molecule has 0 aromatic heterocycles. The molecule has 6 nitrogen and oxygen atoms in total. The van der Waals surface area contributed by atoms with Crippen molar-refractivity contribution in [1.29, 1.82) is 0 Å². The number of hydrogen-bond acceptors (Lipinski definition) is 5. The molecule has 0 aliphatic carbocycles. The van der Waals surface area contributed by atoms with Crippen LogP contribution in [0.25, 0.3) is 0 Å². The van der Waals surface area contributed by atoms with Gasteiger partial charge in [0, 0.05) is 24.2 Å². The van der Waals surface area contributed by atoms with E-state index in [1.165, 1.54) is 6.07 Å². The van der Waals surface area contributed by atoms with Crippen molar-refractivity contribution in [3.8, 4) is 5.75 Å². The van der Waals surface area contributed by atoms with Gasteiger partial charge in [-0.3, -0.25) is 10.1 Å². The predicted octanol–water partition coefficient (Wildman–Crippen LogP) is 3.30. The molecule has 2 atom stereocenters. The molecule has 0 spiro atoms. The largest absolute Gasteiger partial charge is 0.497 e. The lowest BCUT2D eigenvalue weighted by Crippen LogP contribution is -2.25. The van der Waals surface area contributed by atoms with Gasteiger partial charge in [-0.05, 0) is 37.1 Å². The summed E-state index contributed by atoms with van der Waals surface area (Å²) >= 11 is 0. The Hall–Kier alpha value is -2.44. The number of nitro groups is 1. The normalized spacial score (nSPS) is 13.3. The molecule has 0 unspecified atom stereocenters. The second-order valence-electron chi connectivity index (χ2n) is 5.67. The lowest BCUT2D eigenvalue weighted by atomic mass is 10.0. The number of benzene rings is 2. The third-order valence-corrected chi connectivity index (χ3v) is 4.11. The molecular weight excluding hydrogens is 308 g/mol. The zero-order valence-corrected chi connectivity index (χ0v) is 14.0. The van der Waals surface area contributed by atoms with Gasteiger partial charge in [-0.2, -0.15) is 0 Å². The number of rotatable bonds is 7. The Morgan fingerprint density at radius 2 is 2.00 bits per heavy atom. The molecule has 2 aromatic rings. The fourth-order valence-electron chi connectivity index (χ4n) is 2.67. The Labute approximate surface area is 141 Å². The molecule has 0 saturated heterocycles. The number of aliphatic hydroxyl groups is 1. The van der Waals surface area contributed by atoms with Gasteiger partial charge in [0.05, 0.1) is 18.1 Å².